The van der Waals surface area contributed by atoms with Crippen LogP contribution in [0.25, 0.3) is 0 Å². The fourth-order valence-corrected chi connectivity index (χ4v) is 3.98. The Morgan fingerprint density at radius 2 is 1.81 bits per heavy atom. The molecule has 1 aliphatic heterocycles. The first kappa shape index (κ1) is 18.1. The second-order valence-electron chi connectivity index (χ2n) is 5.89. The van der Waals surface area contributed by atoms with Gasteiger partial charge in [-0.15, -0.1) is 0 Å². The third-order valence-electron chi connectivity index (χ3n) is 4.08. The molecule has 0 amide bonds. The molecule has 0 saturated heterocycles. The van der Waals surface area contributed by atoms with E-state index in [9.17, 15) is 8.42 Å². The number of sulfonamides is 1. The highest BCUT2D eigenvalue weighted by atomic mass is 32.2. The summed E-state index contributed by atoms with van der Waals surface area (Å²) in [7, 11) is -2.00. The van der Waals surface area contributed by atoms with Crippen LogP contribution in [0.2, 0.25) is 0 Å². The molecule has 0 fully saturated rings. The molecule has 0 bridgehead atoms. The zero-order valence-electron chi connectivity index (χ0n) is 14.7. The van der Waals surface area contributed by atoms with E-state index in [0.717, 1.165) is 16.7 Å². The van der Waals surface area contributed by atoms with Gasteiger partial charge in [0.05, 0.1) is 24.1 Å². The van der Waals surface area contributed by atoms with E-state index in [1.807, 2.05) is 25.1 Å². The molecule has 1 aliphatic rings. The van der Waals surface area contributed by atoms with Gasteiger partial charge in [-0.05, 0) is 31.2 Å². The molecule has 0 atom stereocenters. The molecular weight excluding hydrogens is 346 g/mol. The first-order chi connectivity index (χ1) is 12.5. The van der Waals surface area contributed by atoms with Crippen LogP contribution in [0.4, 0.5) is 0 Å². The molecule has 132 valence electrons. The lowest BCUT2D eigenvalue weighted by molar-refractivity contribution is 0.413. The Morgan fingerprint density at radius 3 is 2.54 bits per heavy atom. The van der Waals surface area contributed by atoms with Crippen molar-refractivity contribution in [1.29, 1.82) is 0 Å². The topological polar surface area (TPSA) is 46.6 Å². The Hall–Kier alpha value is -2.73. The SMILES string of the molecule is COc1cccc2c1C#CCCN(S(=O)(=O)c1ccc(C)cc1)CC#C2. The van der Waals surface area contributed by atoms with E-state index in [1.165, 1.54) is 4.31 Å². The van der Waals surface area contributed by atoms with Gasteiger partial charge in [-0.2, -0.15) is 4.31 Å². The molecule has 26 heavy (non-hydrogen) atoms. The third kappa shape index (κ3) is 3.75. The molecule has 0 aliphatic carbocycles. The molecule has 5 heteroatoms. The number of hydrogen-bond donors (Lipinski definition) is 0. The maximum absolute atomic E-state index is 12.9. The number of benzene rings is 2. The summed E-state index contributed by atoms with van der Waals surface area (Å²) >= 11 is 0. The average Bonchev–Trinajstić information content (AvgIpc) is 2.65. The molecule has 1 heterocycles. The van der Waals surface area contributed by atoms with Gasteiger partial charge in [-0.25, -0.2) is 8.42 Å². The number of ether oxygens (including phenoxy) is 1. The molecule has 0 radical (unpaired) electrons. The summed E-state index contributed by atoms with van der Waals surface area (Å²) in [5.41, 5.74) is 2.50. The summed E-state index contributed by atoms with van der Waals surface area (Å²) in [6, 6.07) is 12.4. The van der Waals surface area contributed by atoms with Crippen molar-refractivity contribution in [3.05, 3.63) is 59.2 Å². The van der Waals surface area contributed by atoms with Crippen LogP contribution >= 0.6 is 0 Å². The van der Waals surface area contributed by atoms with E-state index in [0.29, 0.717) is 18.7 Å². The number of hydrogen-bond acceptors (Lipinski definition) is 3. The monoisotopic (exact) mass is 365 g/mol. The predicted molar refractivity (Wildman–Crippen MR) is 101 cm³/mol. The highest BCUT2D eigenvalue weighted by Gasteiger charge is 2.23. The molecule has 0 spiro atoms. The number of nitrogens with zero attached hydrogens (tertiary/aromatic N) is 1. The second kappa shape index (κ2) is 7.66. The van der Waals surface area contributed by atoms with Gasteiger partial charge in [0.1, 0.15) is 5.75 Å². The van der Waals surface area contributed by atoms with Crippen molar-refractivity contribution in [1.82, 2.24) is 4.31 Å². The van der Waals surface area contributed by atoms with Gasteiger partial charge < -0.3 is 4.74 Å². The minimum Gasteiger partial charge on any atom is -0.495 e. The van der Waals surface area contributed by atoms with Gasteiger partial charge in [-0.3, -0.25) is 0 Å². The first-order valence-electron chi connectivity index (χ1n) is 8.24. The van der Waals surface area contributed by atoms with E-state index >= 15 is 0 Å². The second-order valence-corrected chi connectivity index (χ2v) is 7.83. The maximum Gasteiger partial charge on any atom is 0.243 e. The molecule has 2 aromatic carbocycles. The van der Waals surface area contributed by atoms with Crippen LogP contribution in [-0.4, -0.2) is 32.9 Å². The largest absolute Gasteiger partial charge is 0.495 e. The van der Waals surface area contributed by atoms with Crippen LogP contribution < -0.4 is 4.74 Å². The van der Waals surface area contributed by atoms with Crippen molar-refractivity contribution in [3.8, 4) is 29.4 Å². The Morgan fingerprint density at radius 1 is 1.04 bits per heavy atom. The van der Waals surface area contributed by atoms with Crippen molar-refractivity contribution in [2.75, 3.05) is 20.2 Å². The third-order valence-corrected chi connectivity index (χ3v) is 5.94. The molecule has 4 nitrogen and oxygen atoms in total. The Bertz CT molecular complexity index is 1030. The van der Waals surface area contributed by atoms with Crippen molar-refractivity contribution in [2.45, 2.75) is 18.2 Å². The molecule has 2 aromatic rings. The van der Waals surface area contributed by atoms with Gasteiger partial charge in [0.2, 0.25) is 10.0 Å². The van der Waals surface area contributed by atoms with Crippen molar-refractivity contribution in [3.63, 3.8) is 0 Å². The summed E-state index contributed by atoms with van der Waals surface area (Å²) in [5, 5.41) is 0. The number of fused-ring (bicyclic) bond motifs is 1. The lowest BCUT2D eigenvalue weighted by Crippen LogP contribution is -2.32. The zero-order valence-corrected chi connectivity index (χ0v) is 15.6. The molecule has 0 aromatic heterocycles. The summed E-state index contributed by atoms with van der Waals surface area (Å²) < 4.78 is 32.5. The highest BCUT2D eigenvalue weighted by Crippen LogP contribution is 2.21. The number of aryl methyl sites for hydroxylation is 1. The highest BCUT2D eigenvalue weighted by molar-refractivity contribution is 7.89. The van der Waals surface area contributed by atoms with Crippen LogP contribution in [0, 0.1) is 30.6 Å². The minimum absolute atomic E-state index is 0.120. The van der Waals surface area contributed by atoms with Gasteiger partial charge in [0, 0.05) is 18.5 Å². The van der Waals surface area contributed by atoms with Crippen molar-refractivity contribution < 1.29 is 13.2 Å². The van der Waals surface area contributed by atoms with Gasteiger partial charge in [0.25, 0.3) is 0 Å². The standard InChI is InChI=1S/C21H19NO3S/c1-17-11-13-19(14-12-17)26(23,24)22-15-4-3-9-20-18(8-6-16-22)7-5-10-21(20)25-2/h5,7,10-14H,4,15-16H2,1-2H3. The predicted octanol–water partition coefficient (Wildman–Crippen LogP) is 2.80. The fourth-order valence-electron chi connectivity index (χ4n) is 2.63. The molecule has 0 N–H and O–H groups in total. The van der Waals surface area contributed by atoms with Gasteiger partial charge in [-0.1, -0.05) is 47.4 Å². The Kier molecular flexibility index (Phi) is 5.32. The number of rotatable bonds is 3. The summed E-state index contributed by atoms with van der Waals surface area (Å²) in [6.07, 6.45) is 0.421. The molecular formula is C21H19NO3S. The van der Waals surface area contributed by atoms with Crippen LogP contribution in [0.15, 0.2) is 47.4 Å². The van der Waals surface area contributed by atoms with E-state index in [1.54, 1.807) is 31.4 Å². The van der Waals surface area contributed by atoms with Crippen molar-refractivity contribution in [2.24, 2.45) is 0 Å². The Balaban J connectivity index is 1.95. The van der Waals surface area contributed by atoms with Crippen LogP contribution in [0.3, 0.4) is 0 Å². The van der Waals surface area contributed by atoms with Crippen LogP contribution in [0.1, 0.15) is 23.1 Å². The lowest BCUT2D eigenvalue weighted by atomic mass is 10.1. The zero-order chi connectivity index (χ0) is 18.6. The van der Waals surface area contributed by atoms with E-state index < -0.39 is 10.0 Å². The summed E-state index contributed by atoms with van der Waals surface area (Å²) in [6.45, 7) is 2.34. The van der Waals surface area contributed by atoms with Gasteiger partial charge in [0.15, 0.2) is 0 Å². The lowest BCUT2D eigenvalue weighted by Gasteiger charge is -2.19. The molecule has 0 unspecified atom stereocenters. The summed E-state index contributed by atoms with van der Waals surface area (Å²) in [4.78, 5) is 0.275. The van der Waals surface area contributed by atoms with Crippen LogP contribution in [0.5, 0.6) is 5.75 Å². The maximum atomic E-state index is 12.9. The number of methoxy groups -OCH3 is 1. The smallest absolute Gasteiger partial charge is 0.243 e. The Labute approximate surface area is 154 Å². The van der Waals surface area contributed by atoms with Crippen molar-refractivity contribution >= 4 is 10.0 Å². The molecule has 0 saturated carbocycles. The van der Waals surface area contributed by atoms with E-state index in [-0.39, 0.29) is 11.4 Å². The molecule has 3 rings (SSSR count). The van der Waals surface area contributed by atoms with E-state index in [4.69, 9.17) is 4.74 Å². The fraction of sp³-hybridized carbons (Fsp3) is 0.238. The van der Waals surface area contributed by atoms with E-state index in [2.05, 4.69) is 23.7 Å². The quantitative estimate of drug-likeness (QED) is 0.786. The normalized spacial score (nSPS) is 14.2. The van der Waals surface area contributed by atoms with Gasteiger partial charge >= 0.3 is 0 Å². The first-order valence-corrected chi connectivity index (χ1v) is 9.68. The average molecular weight is 365 g/mol. The van der Waals surface area contributed by atoms with Crippen LogP contribution in [-0.2, 0) is 10.0 Å². The summed E-state index contributed by atoms with van der Waals surface area (Å²) in [5.74, 6) is 12.8. The minimum atomic E-state index is -3.60.